The first-order valence-electron chi connectivity index (χ1n) is 14.6. The second-order valence-electron chi connectivity index (χ2n) is 13.0. The molecule has 1 fully saturated rings. The summed E-state index contributed by atoms with van der Waals surface area (Å²) in [6.45, 7) is 10.8. The van der Waals surface area contributed by atoms with Crippen molar-refractivity contribution < 1.29 is 28.2 Å². The van der Waals surface area contributed by atoms with E-state index in [2.05, 4.69) is 5.32 Å². The van der Waals surface area contributed by atoms with Crippen LogP contribution < -0.4 is 20.5 Å². The zero-order valence-corrected chi connectivity index (χ0v) is 27.1. The van der Waals surface area contributed by atoms with Crippen LogP contribution in [0.2, 0.25) is 5.02 Å². The number of hydrogen-bond acceptors (Lipinski definition) is 7. The molecule has 1 heterocycles. The number of alkyl carbamates (subject to hydrolysis) is 1. The zero-order valence-electron chi connectivity index (χ0n) is 26.3. The van der Waals surface area contributed by atoms with Gasteiger partial charge < -0.3 is 25.3 Å². The molecule has 0 saturated heterocycles. The zero-order chi connectivity index (χ0) is 32.4. The monoisotopic (exact) mass is 625 g/mol. The highest BCUT2D eigenvalue weighted by molar-refractivity contribution is 6.31. The molecule has 10 heteroatoms. The van der Waals surface area contributed by atoms with Gasteiger partial charge in [0.25, 0.3) is 0 Å². The number of aromatic nitrogens is 1. The number of nitrogens with one attached hydrogen (secondary N) is 1. The maximum atomic E-state index is 14.0. The van der Waals surface area contributed by atoms with Crippen molar-refractivity contribution in [3.8, 4) is 22.8 Å². The smallest absolute Gasteiger partial charge is 0.408 e. The van der Waals surface area contributed by atoms with Crippen molar-refractivity contribution >= 4 is 23.5 Å². The van der Waals surface area contributed by atoms with E-state index in [4.69, 9.17) is 36.5 Å². The highest BCUT2D eigenvalue weighted by Gasteiger charge is 2.31. The van der Waals surface area contributed by atoms with Crippen molar-refractivity contribution in [2.45, 2.75) is 90.0 Å². The predicted octanol–water partition coefficient (Wildman–Crippen LogP) is 7.69. The quantitative estimate of drug-likeness (QED) is 0.210. The number of ketones is 1. The number of Topliss-reactive ketones (excluding diaryl/α,β-unsaturated/α-hetero) is 1. The minimum Gasteiger partial charge on any atom is -0.493 e. The Kier molecular flexibility index (Phi) is 9.61. The molecule has 8 nitrogen and oxygen atoms in total. The highest BCUT2D eigenvalue weighted by Crippen LogP contribution is 2.36. The summed E-state index contributed by atoms with van der Waals surface area (Å²) in [6, 6.07) is 13.1. The molecular formula is C34H41ClFN3O5. The molecular weight excluding hydrogens is 585 g/mol. The number of amides is 1. The van der Waals surface area contributed by atoms with Crippen LogP contribution in [-0.4, -0.2) is 35.7 Å². The molecule has 236 valence electrons. The van der Waals surface area contributed by atoms with E-state index >= 15 is 0 Å². The van der Waals surface area contributed by atoms with Crippen molar-refractivity contribution in [2.75, 3.05) is 7.11 Å². The van der Waals surface area contributed by atoms with Gasteiger partial charge in [0.2, 0.25) is 0 Å². The molecule has 1 unspecified atom stereocenters. The maximum Gasteiger partial charge on any atom is 0.408 e. The van der Waals surface area contributed by atoms with Gasteiger partial charge >= 0.3 is 6.09 Å². The van der Waals surface area contributed by atoms with Gasteiger partial charge in [0.15, 0.2) is 17.3 Å². The molecule has 0 spiro atoms. The first-order chi connectivity index (χ1) is 20.5. The summed E-state index contributed by atoms with van der Waals surface area (Å²) >= 11 is 6.10. The molecule has 1 aliphatic carbocycles. The van der Waals surface area contributed by atoms with Gasteiger partial charge in [-0.1, -0.05) is 11.6 Å². The van der Waals surface area contributed by atoms with Crippen molar-refractivity contribution in [1.29, 1.82) is 0 Å². The number of methoxy groups -OCH3 is 1. The lowest BCUT2D eigenvalue weighted by molar-refractivity contribution is 0.0470. The lowest BCUT2D eigenvalue weighted by atomic mass is 9.86. The van der Waals surface area contributed by atoms with E-state index in [1.165, 1.54) is 12.1 Å². The Morgan fingerprint density at radius 3 is 2.34 bits per heavy atom. The normalized spacial score (nSPS) is 14.9. The van der Waals surface area contributed by atoms with Crippen LogP contribution in [0.15, 0.2) is 48.5 Å². The van der Waals surface area contributed by atoms with E-state index in [1.54, 1.807) is 65.1 Å². The van der Waals surface area contributed by atoms with E-state index in [0.29, 0.717) is 39.6 Å². The van der Waals surface area contributed by atoms with Gasteiger partial charge in [0.05, 0.1) is 40.7 Å². The van der Waals surface area contributed by atoms with Crippen molar-refractivity contribution in [1.82, 2.24) is 10.3 Å². The molecule has 2 aromatic carbocycles. The number of carbonyl (C=O) groups excluding carboxylic acids is 2. The number of ether oxygens (including phenoxy) is 3. The van der Waals surface area contributed by atoms with Crippen molar-refractivity contribution in [3.05, 3.63) is 76.2 Å². The summed E-state index contributed by atoms with van der Waals surface area (Å²) in [4.78, 5) is 30.8. The number of benzene rings is 2. The van der Waals surface area contributed by atoms with Crippen LogP contribution in [-0.2, 0) is 15.8 Å². The van der Waals surface area contributed by atoms with Gasteiger partial charge in [0, 0.05) is 17.5 Å². The first-order valence-corrected chi connectivity index (χ1v) is 15.0. The molecule has 0 aliphatic heterocycles. The SMILES string of the molecule is COc1cc(C(=O)CCC(C)(N)c2cc(C(C)(C)NC(=O)OC(C)(C)C)cc(-c3ccc(F)c(Cl)c3)n2)ccc1OC1CC1. The van der Waals surface area contributed by atoms with E-state index in [-0.39, 0.29) is 29.8 Å². The third kappa shape index (κ3) is 8.48. The molecule has 1 amide bonds. The largest absolute Gasteiger partial charge is 0.493 e. The minimum absolute atomic E-state index is 0.0486. The fraction of sp³-hybridized carbons (Fsp3) is 0.441. The van der Waals surface area contributed by atoms with E-state index in [9.17, 15) is 14.0 Å². The third-order valence-corrected chi connectivity index (χ3v) is 7.63. The lowest BCUT2D eigenvalue weighted by Crippen LogP contribution is -2.44. The van der Waals surface area contributed by atoms with Crippen LogP contribution >= 0.6 is 11.6 Å². The topological polar surface area (TPSA) is 113 Å². The second kappa shape index (κ2) is 12.7. The average Bonchev–Trinajstić information content (AvgIpc) is 3.76. The number of rotatable bonds is 11. The molecule has 0 bridgehead atoms. The molecule has 3 aromatic rings. The van der Waals surface area contributed by atoms with Crippen molar-refractivity contribution in [3.63, 3.8) is 0 Å². The molecule has 3 N–H and O–H groups in total. The van der Waals surface area contributed by atoms with Gasteiger partial charge in [-0.2, -0.15) is 0 Å². The Labute approximate surface area is 263 Å². The fourth-order valence-corrected chi connectivity index (χ4v) is 4.75. The molecule has 1 saturated carbocycles. The first kappa shape index (κ1) is 33.2. The van der Waals surface area contributed by atoms with Crippen molar-refractivity contribution in [2.24, 2.45) is 5.73 Å². The van der Waals surface area contributed by atoms with E-state index in [0.717, 1.165) is 12.8 Å². The molecule has 4 rings (SSSR count). The number of nitrogens with zero attached hydrogens (tertiary/aromatic N) is 1. The lowest BCUT2D eigenvalue weighted by Gasteiger charge is -2.31. The molecule has 44 heavy (non-hydrogen) atoms. The Morgan fingerprint density at radius 2 is 1.73 bits per heavy atom. The minimum atomic E-state index is -1.05. The van der Waals surface area contributed by atoms with Crippen LogP contribution in [0.4, 0.5) is 9.18 Å². The van der Waals surface area contributed by atoms with Gasteiger partial charge in [-0.25, -0.2) is 9.18 Å². The average molecular weight is 626 g/mol. The highest BCUT2D eigenvalue weighted by atomic mass is 35.5. The Balaban J connectivity index is 1.63. The van der Waals surface area contributed by atoms with E-state index < -0.39 is 28.6 Å². The fourth-order valence-electron chi connectivity index (χ4n) is 4.57. The van der Waals surface area contributed by atoms with Gasteiger partial charge in [-0.15, -0.1) is 0 Å². The third-order valence-electron chi connectivity index (χ3n) is 7.34. The molecule has 0 radical (unpaired) electrons. The van der Waals surface area contributed by atoms with Crippen LogP contribution in [0.3, 0.4) is 0 Å². The Morgan fingerprint density at radius 1 is 1.02 bits per heavy atom. The van der Waals surface area contributed by atoms with Crippen LogP contribution in [0.25, 0.3) is 11.3 Å². The number of halogens is 2. The molecule has 1 atom stereocenters. The summed E-state index contributed by atoms with van der Waals surface area (Å²) in [7, 11) is 1.55. The summed E-state index contributed by atoms with van der Waals surface area (Å²) in [5.41, 5.74) is 6.92. The summed E-state index contributed by atoms with van der Waals surface area (Å²) in [5.74, 6) is 0.471. The summed E-state index contributed by atoms with van der Waals surface area (Å²) in [6.07, 6.45) is 2.05. The summed E-state index contributed by atoms with van der Waals surface area (Å²) in [5, 5.41) is 2.87. The molecule has 1 aliphatic rings. The second-order valence-corrected chi connectivity index (χ2v) is 13.4. The van der Waals surface area contributed by atoms with Gasteiger partial charge in [-0.3, -0.25) is 9.78 Å². The Hall–Kier alpha value is -3.69. The standard InChI is InChI=1S/C34H41ClFN3O5/c1-32(2,3)44-31(41)39-33(4,5)22-18-26(20-8-12-25(36)24(35)16-20)38-30(19-22)34(6,37)15-14-27(40)21-9-13-28(29(17-21)42-7)43-23-10-11-23/h8-9,12-13,16-19,23H,10-11,14-15,37H2,1-7H3,(H,39,41). The number of hydrogen-bond donors (Lipinski definition) is 2. The van der Waals surface area contributed by atoms with E-state index in [1.807, 2.05) is 19.9 Å². The predicted molar refractivity (Wildman–Crippen MR) is 169 cm³/mol. The maximum absolute atomic E-state index is 14.0. The van der Waals surface area contributed by atoms with Gasteiger partial charge in [0.1, 0.15) is 11.4 Å². The molecule has 1 aromatic heterocycles. The van der Waals surface area contributed by atoms with Crippen LogP contribution in [0.5, 0.6) is 11.5 Å². The number of nitrogens with two attached hydrogens (primary N) is 1. The number of pyridine rings is 1. The van der Waals surface area contributed by atoms with Gasteiger partial charge in [-0.05, 0) is 115 Å². The Bertz CT molecular complexity index is 1550. The van der Waals surface area contributed by atoms with Crippen LogP contribution in [0.1, 0.15) is 88.8 Å². The number of carbonyl (C=O) groups is 2. The summed E-state index contributed by atoms with van der Waals surface area (Å²) < 4.78 is 30.8. The van der Waals surface area contributed by atoms with Crippen LogP contribution in [0, 0.1) is 5.82 Å².